The Morgan fingerprint density at radius 1 is 0.421 bits per heavy atom. The van der Waals surface area contributed by atoms with Gasteiger partial charge in [0.05, 0.1) is 39.5 Å². The van der Waals surface area contributed by atoms with E-state index in [0.717, 1.165) is 39.5 Å². The highest BCUT2D eigenvalue weighted by Gasteiger charge is 2.40. The van der Waals surface area contributed by atoms with Gasteiger partial charge in [-0.05, 0) is 59.2 Å². The SMILES string of the molecule is C1=CC2c3ccc4c5ccccc5n(-c5ccccc5)c4c3N(c3cc(-c4cccc(-c5ccccc5)c4)nc(-n4c5ccccc5c5ccccc54)c3)C2C=C1. The number of para-hydroxylation sites is 4. The number of allylic oxidation sites excluding steroid dienone is 2. The van der Waals surface area contributed by atoms with Gasteiger partial charge in [0.1, 0.15) is 5.82 Å². The van der Waals surface area contributed by atoms with E-state index in [1.54, 1.807) is 0 Å². The number of hydrogen-bond acceptors (Lipinski definition) is 2. The normalized spacial score (nSPS) is 15.9. The molecule has 0 spiro atoms. The van der Waals surface area contributed by atoms with E-state index in [2.05, 4.69) is 220 Å². The minimum atomic E-state index is 0.0785. The van der Waals surface area contributed by atoms with Crippen LogP contribution in [0, 0.1) is 0 Å². The number of anilines is 2. The van der Waals surface area contributed by atoms with Crippen LogP contribution in [0.25, 0.3) is 77.5 Å². The van der Waals surface area contributed by atoms with Crippen molar-refractivity contribution in [2.24, 2.45) is 0 Å². The molecule has 2 aliphatic rings. The zero-order valence-corrected chi connectivity index (χ0v) is 31.1. The standard InChI is InChI=1S/C53H36N4/c1-3-16-35(17-4-1)36-18-15-19-37(32-36)46-33-39(34-51(54-46)57-49-28-13-7-22-40(49)41-23-8-14-29-50(41)57)56-48-27-12-10-25-43(48)45-31-30-44-42-24-9-11-26-47(42)55(52(44)53(45)56)38-20-5-2-6-21-38/h1-34,43,48H. The molecule has 7 aromatic carbocycles. The number of pyridine rings is 1. The van der Waals surface area contributed by atoms with Crippen LogP contribution in [0.1, 0.15) is 11.5 Å². The molecule has 0 bridgehead atoms. The minimum Gasteiger partial charge on any atom is -0.331 e. The van der Waals surface area contributed by atoms with Gasteiger partial charge in [-0.1, -0.05) is 158 Å². The summed E-state index contributed by atoms with van der Waals surface area (Å²) >= 11 is 0. The van der Waals surface area contributed by atoms with Gasteiger partial charge in [0.2, 0.25) is 0 Å². The number of rotatable bonds is 5. The molecule has 0 saturated heterocycles. The first-order valence-electron chi connectivity index (χ1n) is 19.7. The first-order chi connectivity index (χ1) is 28.3. The predicted octanol–water partition coefficient (Wildman–Crippen LogP) is 13.3. The van der Waals surface area contributed by atoms with E-state index >= 15 is 0 Å². The summed E-state index contributed by atoms with van der Waals surface area (Å²) < 4.78 is 4.83. The minimum absolute atomic E-state index is 0.0785. The van der Waals surface area contributed by atoms with Gasteiger partial charge >= 0.3 is 0 Å². The summed E-state index contributed by atoms with van der Waals surface area (Å²) in [4.78, 5) is 8.18. The second kappa shape index (κ2) is 12.6. The van der Waals surface area contributed by atoms with Gasteiger partial charge in [-0.2, -0.15) is 0 Å². The molecular weight excluding hydrogens is 693 g/mol. The van der Waals surface area contributed by atoms with E-state index < -0.39 is 0 Å². The van der Waals surface area contributed by atoms with Gasteiger partial charge < -0.3 is 9.47 Å². The lowest BCUT2D eigenvalue weighted by Gasteiger charge is -2.30. The van der Waals surface area contributed by atoms with Crippen molar-refractivity contribution in [3.05, 3.63) is 212 Å². The summed E-state index contributed by atoms with van der Waals surface area (Å²) in [5.41, 5.74) is 13.9. The Kier molecular flexibility index (Phi) is 7.02. The van der Waals surface area contributed by atoms with Gasteiger partial charge in [-0.15, -0.1) is 0 Å². The third-order valence-electron chi connectivity index (χ3n) is 12.0. The predicted molar refractivity (Wildman–Crippen MR) is 237 cm³/mol. The third-order valence-corrected chi connectivity index (χ3v) is 12.0. The van der Waals surface area contributed by atoms with Crippen molar-refractivity contribution in [1.29, 1.82) is 0 Å². The molecule has 0 saturated carbocycles. The third kappa shape index (κ3) is 4.84. The zero-order valence-electron chi connectivity index (χ0n) is 31.1. The fraction of sp³-hybridized carbons (Fsp3) is 0.0377. The van der Waals surface area contributed by atoms with Crippen LogP contribution in [0.4, 0.5) is 11.4 Å². The molecular formula is C53H36N4. The number of fused-ring (bicyclic) bond motifs is 10. The van der Waals surface area contributed by atoms with Gasteiger partial charge in [0, 0.05) is 50.5 Å². The number of hydrogen-bond donors (Lipinski definition) is 0. The topological polar surface area (TPSA) is 26.0 Å². The van der Waals surface area contributed by atoms with E-state index in [9.17, 15) is 0 Å². The molecule has 0 amide bonds. The Bertz CT molecular complexity index is 3200. The van der Waals surface area contributed by atoms with Crippen LogP contribution < -0.4 is 4.90 Å². The Morgan fingerprint density at radius 2 is 1.02 bits per heavy atom. The van der Waals surface area contributed by atoms with E-state index in [1.165, 1.54) is 55.0 Å². The fourth-order valence-electron chi connectivity index (χ4n) is 9.56. The quantitative estimate of drug-likeness (QED) is 0.176. The molecule has 2 unspecified atom stereocenters. The monoisotopic (exact) mass is 728 g/mol. The molecule has 0 N–H and O–H groups in total. The molecule has 4 heterocycles. The fourth-order valence-corrected chi connectivity index (χ4v) is 9.56. The van der Waals surface area contributed by atoms with Crippen LogP contribution in [0.3, 0.4) is 0 Å². The summed E-state index contributed by atoms with van der Waals surface area (Å²) in [7, 11) is 0. The van der Waals surface area contributed by atoms with Crippen LogP contribution in [0.15, 0.2) is 206 Å². The Balaban J connectivity index is 1.18. The van der Waals surface area contributed by atoms with Crippen molar-refractivity contribution in [3.63, 3.8) is 0 Å². The van der Waals surface area contributed by atoms with Gasteiger partial charge in [-0.3, -0.25) is 4.57 Å². The van der Waals surface area contributed by atoms with Gasteiger partial charge in [0.25, 0.3) is 0 Å². The van der Waals surface area contributed by atoms with Crippen molar-refractivity contribution in [3.8, 4) is 33.9 Å². The van der Waals surface area contributed by atoms with Crippen molar-refractivity contribution >= 4 is 55.0 Å². The molecule has 1 aliphatic carbocycles. The van der Waals surface area contributed by atoms with Crippen LogP contribution in [-0.2, 0) is 0 Å². The second-order valence-corrected chi connectivity index (χ2v) is 15.1. The molecule has 10 aromatic rings. The second-order valence-electron chi connectivity index (χ2n) is 15.1. The molecule has 0 fully saturated rings. The first kappa shape index (κ1) is 31.9. The lowest BCUT2D eigenvalue weighted by atomic mass is 9.91. The van der Waals surface area contributed by atoms with Crippen molar-refractivity contribution < 1.29 is 0 Å². The Hall–Kier alpha value is -7.43. The summed E-state index contributed by atoms with van der Waals surface area (Å²) in [6.07, 6.45) is 9.18. The van der Waals surface area contributed by atoms with Crippen molar-refractivity contribution in [2.45, 2.75) is 12.0 Å². The summed E-state index contributed by atoms with van der Waals surface area (Å²) in [5.74, 6) is 1.08. The molecule has 4 nitrogen and oxygen atoms in total. The summed E-state index contributed by atoms with van der Waals surface area (Å²) in [5, 5.41) is 4.93. The van der Waals surface area contributed by atoms with E-state index in [1.807, 2.05) is 0 Å². The lowest BCUT2D eigenvalue weighted by Crippen LogP contribution is -2.29. The maximum atomic E-state index is 5.57. The van der Waals surface area contributed by atoms with E-state index in [-0.39, 0.29) is 12.0 Å². The molecule has 268 valence electrons. The van der Waals surface area contributed by atoms with Crippen molar-refractivity contribution in [2.75, 3.05) is 4.90 Å². The number of benzene rings is 7. The Labute approximate surface area is 330 Å². The highest BCUT2D eigenvalue weighted by Crippen LogP contribution is 2.53. The molecule has 12 rings (SSSR count). The number of nitrogens with zero attached hydrogens (tertiary/aromatic N) is 4. The van der Waals surface area contributed by atoms with Gasteiger partial charge in [-0.25, -0.2) is 4.98 Å². The van der Waals surface area contributed by atoms with E-state index in [4.69, 9.17) is 4.98 Å². The molecule has 57 heavy (non-hydrogen) atoms. The average molecular weight is 729 g/mol. The summed E-state index contributed by atoms with van der Waals surface area (Å²) in [6, 6.07) is 65.9. The average Bonchev–Trinajstić information content (AvgIpc) is 3.93. The zero-order chi connectivity index (χ0) is 37.5. The van der Waals surface area contributed by atoms with Crippen LogP contribution in [0.5, 0.6) is 0 Å². The van der Waals surface area contributed by atoms with Gasteiger partial charge in [0.15, 0.2) is 0 Å². The molecule has 3 aromatic heterocycles. The maximum absolute atomic E-state index is 5.57. The molecule has 4 heteroatoms. The Morgan fingerprint density at radius 3 is 1.75 bits per heavy atom. The highest BCUT2D eigenvalue weighted by atomic mass is 15.2. The molecule has 1 aliphatic heterocycles. The summed E-state index contributed by atoms with van der Waals surface area (Å²) in [6.45, 7) is 0. The number of aromatic nitrogens is 3. The maximum Gasteiger partial charge on any atom is 0.140 e. The first-order valence-corrected chi connectivity index (χ1v) is 19.7. The highest BCUT2D eigenvalue weighted by molar-refractivity contribution is 6.15. The van der Waals surface area contributed by atoms with Crippen LogP contribution in [-0.4, -0.2) is 20.2 Å². The van der Waals surface area contributed by atoms with Crippen LogP contribution in [0.2, 0.25) is 0 Å². The smallest absolute Gasteiger partial charge is 0.140 e. The molecule has 0 radical (unpaired) electrons. The lowest BCUT2D eigenvalue weighted by molar-refractivity contribution is 0.744. The van der Waals surface area contributed by atoms with Crippen molar-refractivity contribution in [1.82, 2.24) is 14.1 Å². The van der Waals surface area contributed by atoms with E-state index in [0.29, 0.717) is 0 Å². The van der Waals surface area contributed by atoms with Crippen LogP contribution >= 0.6 is 0 Å². The molecule has 2 atom stereocenters. The largest absolute Gasteiger partial charge is 0.331 e.